The lowest BCUT2D eigenvalue weighted by atomic mass is 10.3. The van der Waals surface area contributed by atoms with Gasteiger partial charge in [0.25, 0.3) is 0 Å². The fraction of sp³-hybridized carbons (Fsp3) is 1.00. The number of rotatable bonds is 2. The molecule has 0 fully saturated rings. The van der Waals surface area contributed by atoms with Gasteiger partial charge in [0.15, 0.2) is 0 Å². The van der Waals surface area contributed by atoms with E-state index in [0.717, 1.165) is 0 Å². The van der Waals surface area contributed by atoms with Crippen molar-refractivity contribution >= 4 is 0 Å². The maximum absolute atomic E-state index is 11.5. The van der Waals surface area contributed by atoms with E-state index >= 15 is 0 Å². The monoisotopic (exact) mass is 91.1 g/mol. The summed E-state index contributed by atoms with van der Waals surface area (Å²) in [4.78, 5) is 0. The van der Waals surface area contributed by atoms with Gasteiger partial charge in [0.05, 0.1) is 0 Å². The zero-order valence-electron chi connectivity index (χ0n) is 3.78. The zero-order valence-corrected chi connectivity index (χ0v) is 3.78. The summed E-state index contributed by atoms with van der Waals surface area (Å²) in [6, 6.07) is 0. The second-order valence-electron chi connectivity index (χ2n) is 1.17. The van der Waals surface area contributed by atoms with Crippen LogP contribution in [0.4, 0.5) is 4.39 Å². The van der Waals surface area contributed by atoms with Crippen molar-refractivity contribution in [3.05, 3.63) is 0 Å². The minimum atomic E-state index is -1.12. The Morgan fingerprint density at radius 2 is 2.33 bits per heavy atom. The Labute approximate surface area is 36.8 Å². The molecule has 0 saturated carbocycles. The second-order valence-corrected chi connectivity index (χ2v) is 1.17. The van der Waals surface area contributed by atoms with Gasteiger partial charge in [0.1, 0.15) is 12.8 Å². The van der Waals surface area contributed by atoms with Gasteiger partial charge in [-0.1, -0.05) is 6.92 Å². The highest BCUT2D eigenvalue weighted by atomic mass is 19.1. The fourth-order valence-corrected chi connectivity index (χ4v) is 0.118. The van der Waals surface area contributed by atoms with Crippen LogP contribution in [-0.4, -0.2) is 12.8 Å². The van der Waals surface area contributed by atoms with E-state index in [2.05, 4.69) is 0 Å². The van der Waals surface area contributed by atoms with Gasteiger partial charge in [-0.2, -0.15) is 0 Å². The molecule has 0 amide bonds. The quantitative estimate of drug-likeness (QED) is 0.486. The van der Waals surface area contributed by atoms with Gasteiger partial charge in [-0.15, -0.1) is 0 Å². The topological polar surface area (TPSA) is 19.9 Å². The van der Waals surface area contributed by atoms with E-state index in [-0.39, 0.29) is 0 Å². The van der Waals surface area contributed by atoms with Crippen LogP contribution in [0, 0.1) is 0 Å². The molecule has 0 spiro atoms. The van der Waals surface area contributed by atoms with Crippen LogP contribution in [0.25, 0.3) is 0 Å². The minimum Gasteiger partial charge on any atom is -0.245 e. The molecule has 2 heteroatoms. The molecule has 0 aliphatic rings. The van der Waals surface area contributed by atoms with Crippen molar-refractivity contribution in [3.8, 4) is 0 Å². The highest BCUT2D eigenvalue weighted by Crippen LogP contribution is 1.91. The van der Waals surface area contributed by atoms with E-state index in [9.17, 15) is 9.50 Å². The first-order valence-corrected chi connectivity index (χ1v) is 2.03. The first kappa shape index (κ1) is 5.89. The van der Waals surface area contributed by atoms with Crippen molar-refractivity contribution in [3.63, 3.8) is 0 Å². The molecule has 6 heavy (non-hydrogen) atoms. The van der Waals surface area contributed by atoms with Crippen LogP contribution in [-0.2, 0) is 5.11 Å². The molecule has 1 unspecified atom stereocenters. The third-order valence-corrected chi connectivity index (χ3v) is 0.624. The summed E-state index contributed by atoms with van der Waals surface area (Å²) in [7, 11) is 0. The highest BCUT2D eigenvalue weighted by Gasteiger charge is 1.97. The molecule has 1 radical (unpaired) electrons. The first-order valence-electron chi connectivity index (χ1n) is 2.03. The summed E-state index contributed by atoms with van der Waals surface area (Å²) >= 11 is 0. The van der Waals surface area contributed by atoms with Gasteiger partial charge in [0.2, 0.25) is 0 Å². The second kappa shape index (κ2) is 3.09. The van der Waals surface area contributed by atoms with Crippen molar-refractivity contribution in [2.45, 2.75) is 19.5 Å². The average Bonchev–Trinajstić information content (AvgIpc) is 1.65. The van der Waals surface area contributed by atoms with E-state index in [4.69, 9.17) is 0 Å². The maximum Gasteiger partial charge on any atom is 0.126 e. The van der Waals surface area contributed by atoms with Crippen LogP contribution in [0.15, 0.2) is 0 Å². The molecular formula is C4H8FO. The Morgan fingerprint density at radius 1 is 1.83 bits per heavy atom. The molecule has 0 bridgehead atoms. The lowest BCUT2D eigenvalue weighted by Crippen LogP contribution is -2.00. The molecule has 0 aromatic carbocycles. The van der Waals surface area contributed by atoms with Crippen LogP contribution < -0.4 is 0 Å². The van der Waals surface area contributed by atoms with E-state index in [1.165, 1.54) is 0 Å². The number of hydrogen-bond donors (Lipinski definition) is 0. The lowest BCUT2D eigenvalue weighted by molar-refractivity contribution is 0.112. The molecule has 0 N–H and O–H groups in total. The summed E-state index contributed by atoms with van der Waals surface area (Å²) in [6.07, 6.45) is -0.770. The summed E-state index contributed by atoms with van der Waals surface area (Å²) in [5.41, 5.74) is 0. The lowest BCUT2D eigenvalue weighted by Gasteiger charge is -1.91. The molecule has 37 valence electrons. The molecule has 0 aliphatic heterocycles. The van der Waals surface area contributed by atoms with Gasteiger partial charge < -0.3 is 0 Å². The molecule has 0 saturated heterocycles. The molecule has 0 rings (SSSR count). The maximum atomic E-state index is 11.5. The Morgan fingerprint density at radius 3 is 2.33 bits per heavy atom. The molecule has 0 aromatic rings. The minimum absolute atomic E-state index is 0.351. The molecule has 0 aromatic heterocycles. The van der Waals surface area contributed by atoms with E-state index in [0.29, 0.717) is 6.42 Å². The SMILES string of the molecule is CCC(F)C[O]. The Bertz CT molecular complexity index is 26.7. The third kappa shape index (κ3) is 2.15. The van der Waals surface area contributed by atoms with Crippen LogP contribution in [0.5, 0.6) is 0 Å². The van der Waals surface area contributed by atoms with Gasteiger partial charge in [-0.3, -0.25) is 0 Å². The summed E-state index contributed by atoms with van der Waals surface area (Å²) in [6.45, 7) is 1.07. The van der Waals surface area contributed by atoms with Crippen molar-refractivity contribution in [1.82, 2.24) is 0 Å². The Balaban J connectivity index is 2.75. The molecule has 0 heterocycles. The average molecular weight is 91.1 g/mol. The standard InChI is InChI=1S/C4H8FO/c1-2-4(5)3-6/h4H,2-3H2,1H3. The van der Waals surface area contributed by atoms with Crippen LogP contribution >= 0.6 is 0 Å². The fourth-order valence-electron chi connectivity index (χ4n) is 0.118. The van der Waals surface area contributed by atoms with Gasteiger partial charge in [0, 0.05) is 0 Å². The molecule has 1 nitrogen and oxygen atoms in total. The number of hydrogen-bond acceptors (Lipinski definition) is 0. The van der Waals surface area contributed by atoms with E-state index < -0.39 is 12.8 Å². The first-order chi connectivity index (χ1) is 2.81. The predicted octanol–water partition coefficient (Wildman–Crippen LogP) is 1.17. The number of halogens is 1. The van der Waals surface area contributed by atoms with E-state index in [1.54, 1.807) is 6.92 Å². The van der Waals surface area contributed by atoms with Crippen LogP contribution in [0.1, 0.15) is 13.3 Å². The summed E-state index contributed by atoms with van der Waals surface area (Å²) in [5, 5.41) is 9.49. The van der Waals surface area contributed by atoms with Gasteiger partial charge in [-0.25, -0.2) is 9.50 Å². The van der Waals surface area contributed by atoms with E-state index in [1.807, 2.05) is 0 Å². The normalized spacial score (nSPS) is 14.5. The largest absolute Gasteiger partial charge is 0.245 e. The molecule has 0 aliphatic carbocycles. The third-order valence-electron chi connectivity index (χ3n) is 0.624. The zero-order chi connectivity index (χ0) is 4.99. The van der Waals surface area contributed by atoms with Crippen molar-refractivity contribution < 1.29 is 9.50 Å². The van der Waals surface area contributed by atoms with Gasteiger partial charge in [-0.05, 0) is 6.42 Å². The van der Waals surface area contributed by atoms with Crippen molar-refractivity contribution in [1.29, 1.82) is 0 Å². The Hall–Kier alpha value is -0.110. The van der Waals surface area contributed by atoms with Crippen LogP contribution in [0.2, 0.25) is 0 Å². The van der Waals surface area contributed by atoms with Gasteiger partial charge >= 0.3 is 0 Å². The van der Waals surface area contributed by atoms with Crippen molar-refractivity contribution in [2.75, 3.05) is 6.61 Å². The van der Waals surface area contributed by atoms with Crippen molar-refractivity contribution in [2.24, 2.45) is 0 Å². The summed E-state index contributed by atoms with van der Waals surface area (Å²) < 4.78 is 11.5. The number of alkyl halides is 1. The molecule has 1 atom stereocenters. The Kier molecular flexibility index (Phi) is 3.04. The smallest absolute Gasteiger partial charge is 0.126 e. The predicted molar refractivity (Wildman–Crippen MR) is 20.7 cm³/mol. The summed E-state index contributed by atoms with van der Waals surface area (Å²) in [5.74, 6) is 0. The van der Waals surface area contributed by atoms with Crippen LogP contribution in [0.3, 0.4) is 0 Å². The molecular weight excluding hydrogens is 83.0 g/mol. The highest BCUT2D eigenvalue weighted by molar-refractivity contribution is 4.44.